The van der Waals surface area contributed by atoms with Gasteiger partial charge in [-0.15, -0.1) is 0 Å². The van der Waals surface area contributed by atoms with Crippen LogP contribution in [0.25, 0.3) is 5.69 Å². The first-order chi connectivity index (χ1) is 8.15. The van der Waals surface area contributed by atoms with Crippen LogP contribution in [0.4, 0.5) is 4.39 Å². The normalized spacial score (nSPS) is 10.5. The summed E-state index contributed by atoms with van der Waals surface area (Å²) >= 11 is 4.89. The Morgan fingerprint density at radius 3 is 2.94 bits per heavy atom. The Morgan fingerprint density at radius 1 is 1.53 bits per heavy atom. The molecular formula is C12H12FN3S. The van der Waals surface area contributed by atoms with Crippen LogP contribution < -0.4 is 5.73 Å². The van der Waals surface area contributed by atoms with Gasteiger partial charge in [0, 0.05) is 18.8 Å². The fourth-order valence-electron chi connectivity index (χ4n) is 1.77. The highest BCUT2D eigenvalue weighted by atomic mass is 32.1. The molecule has 0 aliphatic heterocycles. The predicted octanol–water partition coefficient (Wildman–Crippen LogP) is 2.21. The lowest BCUT2D eigenvalue weighted by Crippen LogP contribution is -2.16. The first-order valence-corrected chi connectivity index (χ1v) is 5.67. The highest BCUT2D eigenvalue weighted by Crippen LogP contribution is 2.19. The van der Waals surface area contributed by atoms with Gasteiger partial charge in [-0.1, -0.05) is 25.2 Å². The first-order valence-electron chi connectivity index (χ1n) is 5.26. The molecule has 0 saturated heterocycles. The van der Waals surface area contributed by atoms with Crippen LogP contribution in [0.2, 0.25) is 0 Å². The van der Waals surface area contributed by atoms with E-state index in [4.69, 9.17) is 18.0 Å². The topological polar surface area (TPSA) is 43.8 Å². The quantitative estimate of drug-likeness (QED) is 0.848. The summed E-state index contributed by atoms with van der Waals surface area (Å²) in [5, 5.41) is 0. The molecule has 1 aromatic carbocycles. The summed E-state index contributed by atoms with van der Waals surface area (Å²) in [5.74, 6) is 0.429. The van der Waals surface area contributed by atoms with E-state index < -0.39 is 5.82 Å². The maximum Gasteiger partial charge on any atom is 0.135 e. The van der Waals surface area contributed by atoms with E-state index in [1.165, 1.54) is 6.07 Å². The Bertz CT molecular complexity index is 563. The van der Waals surface area contributed by atoms with Crippen molar-refractivity contribution in [1.82, 2.24) is 9.55 Å². The van der Waals surface area contributed by atoms with Crippen LogP contribution in [0.15, 0.2) is 30.6 Å². The summed E-state index contributed by atoms with van der Waals surface area (Å²) in [6.45, 7) is 1.98. The number of halogens is 1. The SMILES string of the molecule is CCc1nccn1-c1cccc(F)c1C(N)=S. The molecule has 0 fully saturated rings. The van der Waals surface area contributed by atoms with Crippen LogP contribution >= 0.6 is 12.2 Å². The Hall–Kier alpha value is -1.75. The second-order valence-corrected chi connectivity index (χ2v) is 4.01. The maximum atomic E-state index is 13.7. The zero-order valence-electron chi connectivity index (χ0n) is 9.35. The van der Waals surface area contributed by atoms with Crippen molar-refractivity contribution in [1.29, 1.82) is 0 Å². The van der Waals surface area contributed by atoms with Gasteiger partial charge < -0.3 is 10.3 Å². The first kappa shape index (κ1) is 11.7. The Labute approximate surface area is 104 Å². The van der Waals surface area contributed by atoms with E-state index in [-0.39, 0.29) is 10.6 Å². The Balaban J connectivity index is 2.67. The van der Waals surface area contributed by atoms with Crippen LogP contribution in [-0.2, 0) is 6.42 Å². The van der Waals surface area contributed by atoms with Gasteiger partial charge in [0.05, 0.1) is 11.3 Å². The van der Waals surface area contributed by atoms with Crippen molar-refractivity contribution < 1.29 is 4.39 Å². The minimum Gasteiger partial charge on any atom is -0.389 e. The standard InChI is InChI=1S/C12H12FN3S/c1-2-10-15-6-7-16(10)9-5-3-4-8(13)11(9)12(14)17/h3-7H,2H2,1H3,(H2,14,17). The number of hydrogen-bond acceptors (Lipinski definition) is 2. The van der Waals surface area contributed by atoms with Crippen molar-refractivity contribution in [3.63, 3.8) is 0 Å². The molecule has 5 heteroatoms. The smallest absolute Gasteiger partial charge is 0.135 e. The third-order valence-electron chi connectivity index (χ3n) is 2.53. The molecule has 88 valence electrons. The number of rotatable bonds is 3. The lowest BCUT2D eigenvalue weighted by atomic mass is 10.1. The molecule has 0 aliphatic rings. The number of nitrogens with zero attached hydrogens (tertiary/aromatic N) is 2. The van der Waals surface area contributed by atoms with Crippen molar-refractivity contribution in [2.45, 2.75) is 13.3 Å². The van der Waals surface area contributed by atoms with Crippen molar-refractivity contribution in [3.8, 4) is 5.69 Å². The number of thiocarbonyl (C=S) groups is 1. The Morgan fingerprint density at radius 2 is 2.29 bits per heavy atom. The number of hydrogen-bond donors (Lipinski definition) is 1. The highest BCUT2D eigenvalue weighted by Gasteiger charge is 2.14. The molecule has 2 rings (SSSR count). The highest BCUT2D eigenvalue weighted by molar-refractivity contribution is 7.80. The van der Waals surface area contributed by atoms with Gasteiger partial charge in [0.2, 0.25) is 0 Å². The van der Waals surface area contributed by atoms with E-state index in [0.717, 1.165) is 12.2 Å². The van der Waals surface area contributed by atoms with Gasteiger partial charge in [-0.05, 0) is 12.1 Å². The molecule has 0 atom stereocenters. The summed E-state index contributed by atoms with van der Waals surface area (Å²) in [6, 6.07) is 4.75. The van der Waals surface area contributed by atoms with E-state index >= 15 is 0 Å². The molecule has 2 aromatic rings. The average molecular weight is 249 g/mol. The van der Waals surface area contributed by atoms with Gasteiger partial charge in [-0.2, -0.15) is 0 Å². The van der Waals surface area contributed by atoms with Gasteiger partial charge in [0.1, 0.15) is 16.6 Å². The summed E-state index contributed by atoms with van der Waals surface area (Å²) in [6.07, 6.45) is 4.20. The summed E-state index contributed by atoms with van der Waals surface area (Å²) in [5.41, 5.74) is 6.46. The predicted molar refractivity (Wildman–Crippen MR) is 68.8 cm³/mol. The number of imidazole rings is 1. The second kappa shape index (κ2) is 4.63. The van der Waals surface area contributed by atoms with E-state index in [1.54, 1.807) is 29.1 Å². The minimum atomic E-state index is -0.411. The molecule has 0 unspecified atom stereocenters. The molecule has 3 nitrogen and oxygen atoms in total. The van der Waals surface area contributed by atoms with Crippen LogP contribution in [0, 0.1) is 5.82 Å². The second-order valence-electron chi connectivity index (χ2n) is 3.57. The number of benzene rings is 1. The van der Waals surface area contributed by atoms with Crippen LogP contribution in [0.5, 0.6) is 0 Å². The third kappa shape index (κ3) is 2.06. The van der Waals surface area contributed by atoms with Crippen LogP contribution in [-0.4, -0.2) is 14.5 Å². The third-order valence-corrected chi connectivity index (χ3v) is 2.74. The molecule has 1 heterocycles. The fourth-order valence-corrected chi connectivity index (χ4v) is 1.97. The molecule has 0 saturated carbocycles. The van der Waals surface area contributed by atoms with E-state index in [0.29, 0.717) is 5.69 Å². The van der Waals surface area contributed by atoms with Gasteiger partial charge in [0.25, 0.3) is 0 Å². The van der Waals surface area contributed by atoms with Gasteiger partial charge in [0.15, 0.2) is 0 Å². The molecule has 0 aliphatic carbocycles. The van der Waals surface area contributed by atoms with E-state index in [2.05, 4.69) is 4.98 Å². The number of nitrogens with two attached hydrogens (primary N) is 1. The Kier molecular flexibility index (Phi) is 3.19. The summed E-state index contributed by atoms with van der Waals surface area (Å²) < 4.78 is 15.5. The molecule has 0 bridgehead atoms. The molecule has 0 amide bonds. The number of aryl methyl sites for hydroxylation is 1. The number of aromatic nitrogens is 2. The minimum absolute atomic E-state index is 0.0499. The fraction of sp³-hybridized carbons (Fsp3) is 0.167. The lowest BCUT2D eigenvalue weighted by Gasteiger charge is -2.12. The van der Waals surface area contributed by atoms with E-state index in [9.17, 15) is 4.39 Å². The largest absolute Gasteiger partial charge is 0.389 e. The summed E-state index contributed by atoms with van der Waals surface area (Å²) in [4.78, 5) is 4.25. The molecule has 0 spiro atoms. The molecule has 1 aromatic heterocycles. The van der Waals surface area contributed by atoms with E-state index in [1.807, 2.05) is 6.92 Å². The van der Waals surface area contributed by atoms with Crippen molar-refractivity contribution >= 4 is 17.2 Å². The van der Waals surface area contributed by atoms with Crippen molar-refractivity contribution in [2.75, 3.05) is 0 Å². The van der Waals surface area contributed by atoms with Gasteiger partial charge >= 0.3 is 0 Å². The maximum absolute atomic E-state index is 13.7. The monoisotopic (exact) mass is 249 g/mol. The molecule has 0 radical (unpaired) electrons. The molecular weight excluding hydrogens is 237 g/mol. The lowest BCUT2D eigenvalue weighted by molar-refractivity contribution is 0.623. The molecule has 2 N–H and O–H groups in total. The van der Waals surface area contributed by atoms with Crippen molar-refractivity contribution in [2.24, 2.45) is 5.73 Å². The summed E-state index contributed by atoms with van der Waals surface area (Å²) in [7, 11) is 0. The zero-order valence-corrected chi connectivity index (χ0v) is 10.2. The van der Waals surface area contributed by atoms with Crippen LogP contribution in [0.3, 0.4) is 0 Å². The van der Waals surface area contributed by atoms with Gasteiger partial charge in [-0.25, -0.2) is 9.37 Å². The van der Waals surface area contributed by atoms with Crippen molar-refractivity contribution in [3.05, 3.63) is 47.8 Å². The zero-order chi connectivity index (χ0) is 12.4. The van der Waals surface area contributed by atoms with Crippen LogP contribution in [0.1, 0.15) is 18.3 Å². The van der Waals surface area contributed by atoms with Gasteiger partial charge in [-0.3, -0.25) is 0 Å². The molecule has 17 heavy (non-hydrogen) atoms. The average Bonchev–Trinajstić information content (AvgIpc) is 2.75.